The topological polar surface area (TPSA) is 81.7 Å². The van der Waals surface area contributed by atoms with E-state index in [2.05, 4.69) is 20.3 Å². The lowest BCUT2D eigenvalue weighted by atomic mass is 10.2. The molecule has 6 nitrogen and oxygen atoms in total. The highest BCUT2D eigenvalue weighted by atomic mass is 19.4. The highest BCUT2D eigenvalue weighted by Crippen LogP contribution is 2.30. The third-order valence-corrected chi connectivity index (χ3v) is 4.40. The molecule has 148 valence electrons. The molecular formula is C20H17F3N6. The van der Waals surface area contributed by atoms with Gasteiger partial charge in [0.2, 0.25) is 5.95 Å². The van der Waals surface area contributed by atoms with Crippen LogP contribution in [0.1, 0.15) is 17.0 Å². The summed E-state index contributed by atoms with van der Waals surface area (Å²) in [5.74, 6) is 1.60. The minimum absolute atomic E-state index is 0.221. The number of rotatable bonds is 3. The monoisotopic (exact) mass is 398 g/mol. The van der Waals surface area contributed by atoms with Crippen LogP contribution in [0.5, 0.6) is 0 Å². The summed E-state index contributed by atoms with van der Waals surface area (Å²) in [5, 5.41) is 2.97. The van der Waals surface area contributed by atoms with Gasteiger partial charge in [-0.1, -0.05) is 6.07 Å². The molecule has 0 saturated carbocycles. The molecule has 0 spiro atoms. The summed E-state index contributed by atoms with van der Waals surface area (Å²) in [6.07, 6.45) is -4.39. The lowest BCUT2D eigenvalue weighted by Crippen LogP contribution is -2.08. The molecule has 0 saturated heterocycles. The van der Waals surface area contributed by atoms with Gasteiger partial charge in [0.15, 0.2) is 0 Å². The largest absolute Gasteiger partial charge is 0.416 e. The zero-order valence-electron chi connectivity index (χ0n) is 15.6. The third kappa shape index (κ3) is 3.71. The Labute approximate surface area is 164 Å². The molecule has 0 amide bonds. The van der Waals surface area contributed by atoms with Crippen LogP contribution in [0.25, 0.3) is 17.0 Å². The fourth-order valence-electron chi connectivity index (χ4n) is 3.07. The van der Waals surface area contributed by atoms with Crippen LogP contribution in [-0.2, 0) is 6.18 Å². The molecule has 2 aromatic heterocycles. The molecule has 0 aliphatic carbocycles. The minimum atomic E-state index is -4.39. The second kappa shape index (κ2) is 6.77. The number of imidazole rings is 1. The van der Waals surface area contributed by atoms with Crippen molar-refractivity contribution in [1.29, 1.82) is 0 Å². The van der Waals surface area contributed by atoms with E-state index in [1.165, 1.54) is 18.2 Å². The number of nitrogens with zero attached hydrogens (tertiary/aromatic N) is 4. The predicted molar refractivity (Wildman–Crippen MR) is 105 cm³/mol. The van der Waals surface area contributed by atoms with Crippen molar-refractivity contribution in [2.45, 2.75) is 20.0 Å². The number of nitrogens with two attached hydrogens (primary N) is 1. The first kappa shape index (κ1) is 18.7. The maximum absolute atomic E-state index is 12.7. The Hall–Kier alpha value is -3.62. The smallest absolute Gasteiger partial charge is 0.383 e. The summed E-state index contributed by atoms with van der Waals surface area (Å²) in [6.45, 7) is 3.81. The van der Waals surface area contributed by atoms with Crippen LogP contribution in [0.2, 0.25) is 0 Å². The number of aryl methyl sites for hydroxylation is 2. The van der Waals surface area contributed by atoms with Crippen molar-refractivity contribution in [3.8, 4) is 5.95 Å². The van der Waals surface area contributed by atoms with Gasteiger partial charge in [-0.15, -0.1) is 0 Å². The quantitative estimate of drug-likeness (QED) is 0.519. The second-order valence-corrected chi connectivity index (χ2v) is 6.66. The Kier molecular flexibility index (Phi) is 4.37. The molecule has 4 aromatic rings. The van der Waals surface area contributed by atoms with E-state index in [4.69, 9.17) is 5.73 Å². The number of alkyl halides is 3. The Bertz CT molecular complexity index is 1200. The van der Waals surface area contributed by atoms with Crippen LogP contribution >= 0.6 is 0 Å². The van der Waals surface area contributed by atoms with Crippen LogP contribution in [0.15, 0.2) is 48.5 Å². The fraction of sp³-hybridized carbons (Fsp3) is 0.150. The average molecular weight is 398 g/mol. The molecule has 0 unspecified atom stereocenters. The van der Waals surface area contributed by atoms with Crippen molar-refractivity contribution >= 4 is 28.4 Å². The first-order chi connectivity index (χ1) is 13.7. The molecule has 0 atom stereocenters. The van der Waals surface area contributed by atoms with E-state index >= 15 is 0 Å². The standard InChI is InChI=1S/C20H17F3N6/c1-11-3-8-15-16(9-11)29(12(2)25-15)19-27-17(24)10-18(28-19)26-14-6-4-13(5-7-14)20(21,22)23/h3-10H,1-2H3,(H3,24,26,27,28). The number of hydrogen-bond donors (Lipinski definition) is 2. The molecule has 2 aromatic carbocycles. The number of nitrogens with one attached hydrogen (secondary N) is 1. The van der Waals surface area contributed by atoms with Crippen molar-refractivity contribution < 1.29 is 13.2 Å². The van der Waals surface area contributed by atoms with E-state index in [9.17, 15) is 13.2 Å². The van der Waals surface area contributed by atoms with Gasteiger partial charge >= 0.3 is 6.18 Å². The molecule has 0 bridgehead atoms. The van der Waals surface area contributed by atoms with Crippen LogP contribution in [0, 0.1) is 13.8 Å². The van der Waals surface area contributed by atoms with Gasteiger partial charge in [0.05, 0.1) is 16.6 Å². The van der Waals surface area contributed by atoms with Crippen LogP contribution in [-0.4, -0.2) is 19.5 Å². The fourth-order valence-corrected chi connectivity index (χ4v) is 3.07. The molecule has 9 heteroatoms. The van der Waals surface area contributed by atoms with Crippen molar-refractivity contribution in [2.75, 3.05) is 11.1 Å². The zero-order chi connectivity index (χ0) is 20.8. The molecular weight excluding hydrogens is 381 g/mol. The SMILES string of the molecule is Cc1ccc2nc(C)n(-c3nc(N)cc(Nc4ccc(C(F)(F)F)cc4)n3)c2c1. The summed E-state index contributed by atoms with van der Waals surface area (Å²) >= 11 is 0. The van der Waals surface area contributed by atoms with Crippen LogP contribution in [0.3, 0.4) is 0 Å². The zero-order valence-corrected chi connectivity index (χ0v) is 15.6. The van der Waals surface area contributed by atoms with Gasteiger partial charge in [-0.2, -0.15) is 23.1 Å². The van der Waals surface area contributed by atoms with Crippen molar-refractivity contribution in [1.82, 2.24) is 19.5 Å². The number of nitrogen functional groups attached to an aromatic ring is 1. The number of fused-ring (bicyclic) bond motifs is 1. The number of anilines is 3. The van der Waals surface area contributed by atoms with E-state index in [0.29, 0.717) is 23.3 Å². The summed E-state index contributed by atoms with van der Waals surface area (Å²) in [6, 6.07) is 12.1. The van der Waals surface area contributed by atoms with Crippen LogP contribution in [0.4, 0.5) is 30.5 Å². The molecule has 0 aliphatic heterocycles. The average Bonchev–Trinajstić information content (AvgIpc) is 2.96. The van der Waals surface area contributed by atoms with Gasteiger partial charge < -0.3 is 11.1 Å². The summed E-state index contributed by atoms with van der Waals surface area (Å²) < 4.78 is 40.0. The first-order valence-electron chi connectivity index (χ1n) is 8.75. The van der Waals surface area contributed by atoms with E-state index in [0.717, 1.165) is 28.7 Å². The predicted octanol–water partition coefficient (Wildman–Crippen LogP) is 4.78. The second-order valence-electron chi connectivity index (χ2n) is 6.66. The third-order valence-electron chi connectivity index (χ3n) is 4.40. The van der Waals surface area contributed by atoms with Gasteiger partial charge in [-0.3, -0.25) is 4.57 Å². The van der Waals surface area contributed by atoms with Gasteiger partial charge in [-0.25, -0.2) is 4.98 Å². The number of aromatic nitrogens is 4. The van der Waals surface area contributed by atoms with E-state index in [1.807, 2.05) is 32.0 Å². The Morgan fingerprint density at radius 1 is 0.931 bits per heavy atom. The minimum Gasteiger partial charge on any atom is -0.383 e. The molecule has 0 aliphatic rings. The summed E-state index contributed by atoms with van der Waals surface area (Å²) in [4.78, 5) is 13.3. The molecule has 2 heterocycles. The van der Waals surface area contributed by atoms with E-state index in [1.54, 1.807) is 4.57 Å². The number of benzene rings is 2. The normalized spacial score (nSPS) is 11.8. The molecule has 29 heavy (non-hydrogen) atoms. The summed E-state index contributed by atoms with van der Waals surface area (Å²) in [7, 11) is 0. The number of hydrogen-bond acceptors (Lipinski definition) is 5. The molecule has 0 fully saturated rings. The van der Waals surface area contributed by atoms with Crippen molar-refractivity contribution in [3.63, 3.8) is 0 Å². The van der Waals surface area contributed by atoms with Crippen molar-refractivity contribution in [3.05, 3.63) is 65.5 Å². The molecule has 0 radical (unpaired) electrons. The van der Waals surface area contributed by atoms with Gasteiger partial charge in [-0.05, 0) is 55.8 Å². The first-order valence-corrected chi connectivity index (χ1v) is 8.75. The Balaban J connectivity index is 1.72. The highest BCUT2D eigenvalue weighted by molar-refractivity contribution is 5.78. The number of halogens is 3. The van der Waals surface area contributed by atoms with Crippen LogP contribution < -0.4 is 11.1 Å². The Morgan fingerprint density at radius 3 is 2.34 bits per heavy atom. The lowest BCUT2D eigenvalue weighted by Gasteiger charge is -2.11. The van der Waals surface area contributed by atoms with Gasteiger partial charge in [0.1, 0.15) is 17.5 Å². The van der Waals surface area contributed by atoms with Gasteiger partial charge in [0, 0.05) is 11.8 Å². The molecule has 4 rings (SSSR count). The summed E-state index contributed by atoms with van der Waals surface area (Å²) in [5.41, 5.74) is 8.38. The molecule has 3 N–H and O–H groups in total. The Morgan fingerprint density at radius 2 is 1.66 bits per heavy atom. The maximum Gasteiger partial charge on any atom is 0.416 e. The highest BCUT2D eigenvalue weighted by Gasteiger charge is 2.29. The van der Waals surface area contributed by atoms with Gasteiger partial charge in [0.25, 0.3) is 0 Å². The van der Waals surface area contributed by atoms with E-state index in [-0.39, 0.29) is 5.82 Å². The van der Waals surface area contributed by atoms with E-state index < -0.39 is 11.7 Å². The van der Waals surface area contributed by atoms with Crippen molar-refractivity contribution in [2.24, 2.45) is 0 Å². The lowest BCUT2D eigenvalue weighted by molar-refractivity contribution is -0.137. The maximum atomic E-state index is 12.7.